The van der Waals surface area contributed by atoms with Crippen LogP contribution in [0.2, 0.25) is 10.0 Å². The predicted molar refractivity (Wildman–Crippen MR) is 91.6 cm³/mol. The van der Waals surface area contributed by atoms with E-state index in [4.69, 9.17) is 27.9 Å². The van der Waals surface area contributed by atoms with Gasteiger partial charge in [-0.05, 0) is 12.5 Å². The fraction of sp³-hybridized carbons (Fsp3) is 0.176. The van der Waals surface area contributed by atoms with Gasteiger partial charge in [0.2, 0.25) is 0 Å². The lowest BCUT2D eigenvalue weighted by Gasteiger charge is -2.20. The van der Waals surface area contributed by atoms with Gasteiger partial charge in [0.1, 0.15) is 6.10 Å². The number of aromatic amines is 1. The summed E-state index contributed by atoms with van der Waals surface area (Å²) >= 11 is 12.3. The Hall–Kier alpha value is -2.11. The second-order valence-electron chi connectivity index (χ2n) is 5.22. The van der Waals surface area contributed by atoms with Crippen molar-refractivity contribution in [1.29, 1.82) is 0 Å². The highest BCUT2D eigenvalue weighted by atomic mass is 35.5. The van der Waals surface area contributed by atoms with Crippen molar-refractivity contribution in [3.63, 3.8) is 0 Å². The minimum atomic E-state index is -0.543. The van der Waals surface area contributed by atoms with Crippen molar-refractivity contribution in [1.82, 2.24) is 9.97 Å². The number of carbonyl (C=O) groups excluding carboxylic acids is 1. The molecule has 0 aliphatic rings. The van der Waals surface area contributed by atoms with E-state index in [2.05, 4.69) is 9.97 Å². The first-order valence-electron chi connectivity index (χ1n) is 7.26. The lowest BCUT2D eigenvalue weighted by atomic mass is 10.1. The van der Waals surface area contributed by atoms with E-state index in [0.29, 0.717) is 44.8 Å². The van der Waals surface area contributed by atoms with Crippen LogP contribution in [0.25, 0.3) is 10.9 Å². The largest absolute Gasteiger partial charge is 0.483 e. The Labute approximate surface area is 147 Å². The third-order valence-corrected chi connectivity index (χ3v) is 4.35. The lowest BCUT2D eigenvalue weighted by Crippen LogP contribution is -2.09. The molecule has 1 unspecified atom stereocenters. The normalized spacial score (nSPS) is 12.3. The average Bonchev–Trinajstić information content (AvgIpc) is 2.95. The number of aldehydes is 1. The maximum absolute atomic E-state index is 14.3. The van der Waals surface area contributed by atoms with E-state index >= 15 is 0 Å². The van der Waals surface area contributed by atoms with E-state index in [1.807, 2.05) is 6.92 Å². The monoisotopic (exact) mass is 366 g/mol. The molecule has 3 aromatic rings. The number of carbonyl (C=O) groups is 1. The first-order chi connectivity index (χ1) is 11.5. The van der Waals surface area contributed by atoms with Crippen molar-refractivity contribution >= 4 is 40.4 Å². The molecule has 124 valence electrons. The van der Waals surface area contributed by atoms with Gasteiger partial charge in [0, 0.05) is 46.7 Å². The van der Waals surface area contributed by atoms with Crippen molar-refractivity contribution < 1.29 is 13.9 Å². The first kappa shape index (κ1) is 16.7. The number of nitrogens with one attached hydrogen (secondary N) is 1. The summed E-state index contributed by atoms with van der Waals surface area (Å²) in [6.45, 7) is 1.88. The molecule has 4 nitrogen and oxygen atoms in total. The number of benzene rings is 1. The maximum atomic E-state index is 14.3. The number of rotatable bonds is 5. The molecule has 2 heterocycles. The van der Waals surface area contributed by atoms with Crippen LogP contribution in [-0.4, -0.2) is 16.3 Å². The number of H-pyrrole nitrogens is 1. The summed E-state index contributed by atoms with van der Waals surface area (Å²) in [6, 6.07) is 2.79. The van der Waals surface area contributed by atoms with Crippen LogP contribution in [0.15, 0.2) is 30.7 Å². The van der Waals surface area contributed by atoms with E-state index in [-0.39, 0.29) is 5.75 Å². The summed E-state index contributed by atoms with van der Waals surface area (Å²) in [5.41, 5.74) is 1.51. The number of fused-ring (bicyclic) bond motifs is 1. The molecule has 3 rings (SSSR count). The number of aromatic nitrogens is 2. The SMILES string of the molecule is CCC(Oc1cc2c(C=O)c[nH]c2cc1F)c1c(Cl)cncc1Cl. The van der Waals surface area contributed by atoms with Gasteiger partial charge in [-0.25, -0.2) is 4.39 Å². The Balaban J connectivity index is 2.03. The molecule has 1 N–H and O–H groups in total. The molecular formula is C17H13Cl2FN2O2. The third kappa shape index (κ3) is 2.97. The van der Waals surface area contributed by atoms with Crippen molar-refractivity contribution in [2.75, 3.05) is 0 Å². The minimum absolute atomic E-state index is 0.0287. The van der Waals surface area contributed by atoms with E-state index in [1.165, 1.54) is 30.7 Å². The molecule has 1 aromatic carbocycles. The highest BCUT2D eigenvalue weighted by molar-refractivity contribution is 6.35. The molecular weight excluding hydrogens is 354 g/mol. The topological polar surface area (TPSA) is 55.0 Å². The van der Waals surface area contributed by atoms with Gasteiger partial charge in [-0.15, -0.1) is 0 Å². The van der Waals surface area contributed by atoms with E-state index < -0.39 is 11.9 Å². The van der Waals surface area contributed by atoms with Crippen LogP contribution in [0.3, 0.4) is 0 Å². The van der Waals surface area contributed by atoms with Crippen molar-refractivity contribution in [2.24, 2.45) is 0 Å². The zero-order chi connectivity index (χ0) is 17.3. The van der Waals surface area contributed by atoms with Gasteiger partial charge >= 0.3 is 0 Å². The fourth-order valence-electron chi connectivity index (χ4n) is 2.56. The number of hydrogen-bond acceptors (Lipinski definition) is 3. The van der Waals surface area contributed by atoms with Gasteiger partial charge in [-0.3, -0.25) is 9.78 Å². The summed E-state index contributed by atoms with van der Waals surface area (Å²) in [5, 5.41) is 1.29. The van der Waals surface area contributed by atoms with Crippen molar-refractivity contribution in [2.45, 2.75) is 19.4 Å². The van der Waals surface area contributed by atoms with Crippen molar-refractivity contribution in [3.05, 3.63) is 57.7 Å². The zero-order valence-corrected chi connectivity index (χ0v) is 14.2. The summed E-state index contributed by atoms with van der Waals surface area (Å²) in [5.74, 6) is -0.512. The van der Waals surface area contributed by atoms with Gasteiger partial charge in [0.15, 0.2) is 17.9 Å². The van der Waals surface area contributed by atoms with Gasteiger partial charge in [0.05, 0.1) is 10.0 Å². The molecule has 0 saturated carbocycles. The number of nitrogens with zero attached hydrogens (tertiary/aromatic N) is 1. The molecule has 0 aliphatic carbocycles. The number of pyridine rings is 1. The molecule has 0 aliphatic heterocycles. The average molecular weight is 367 g/mol. The Morgan fingerprint density at radius 2 is 2.04 bits per heavy atom. The predicted octanol–water partition coefficient (Wildman–Crippen LogP) is 5.35. The molecule has 2 aromatic heterocycles. The highest BCUT2D eigenvalue weighted by Crippen LogP contribution is 2.36. The van der Waals surface area contributed by atoms with Gasteiger partial charge in [-0.2, -0.15) is 0 Å². The van der Waals surface area contributed by atoms with E-state index in [9.17, 15) is 9.18 Å². The molecule has 0 fully saturated rings. The summed E-state index contributed by atoms with van der Waals surface area (Å²) < 4.78 is 20.2. The van der Waals surface area contributed by atoms with E-state index in [0.717, 1.165) is 0 Å². The summed E-state index contributed by atoms with van der Waals surface area (Å²) in [4.78, 5) is 17.8. The molecule has 0 radical (unpaired) electrons. The smallest absolute Gasteiger partial charge is 0.167 e. The zero-order valence-electron chi connectivity index (χ0n) is 12.6. The Bertz CT molecular complexity index is 891. The summed E-state index contributed by atoms with van der Waals surface area (Å²) in [7, 11) is 0. The van der Waals surface area contributed by atoms with Crippen LogP contribution in [-0.2, 0) is 0 Å². The molecule has 1 atom stereocenters. The number of ether oxygens (including phenoxy) is 1. The van der Waals surface area contributed by atoms with Crippen LogP contribution >= 0.6 is 23.2 Å². The molecule has 7 heteroatoms. The minimum Gasteiger partial charge on any atom is -0.483 e. The lowest BCUT2D eigenvalue weighted by molar-refractivity contribution is 0.112. The van der Waals surface area contributed by atoms with Crippen LogP contribution < -0.4 is 4.74 Å². The standard InChI is InChI=1S/C17H13Cl2FN2O2/c1-2-15(17-11(18)6-21-7-12(17)19)24-16-3-10-9(8-23)5-22-14(10)4-13(16)20/h3-8,15,22H,2H2,1H3. The highest BCUT2D eigenvalue weighted by Gasteiger charge is 2.21. The molecule has 0 amide bonds. The molecule has 24 heavy (non-hydrogen) atoms. The van der Waals surface area contributed by atoms with Gasteiger partial charge in [-0.1, -0.05) is 30.1 Å². The molecule has 0 saturated heterocycles. The number of halogens is 3. The van der Waals surface area contributed by atoms with Crippen LogP contribution in [0.4, 0.5) is 4.39 Å². The Kier molecular flexibility index (Phi) is 4.73. The molecule has 0 bridgehead atoms. The fourth-order valence-corrected chi connectivity index (χ4v) is 3.17. The van der Waals surface area contributed by atoms with Crippen LogP contribution in [0, 0.1) is 5.82 Å². The van der Waals surface area contributed by atoms with Crippen molar-refractivity contribution in [3.8, 4) is 5.75 Å². The second kappa shape index (κ2) is 6.79. The first-order valence-corrected chi connectivity index (χ1v) is 8.02. The Morgan fingerprint density at radius 3 is 2.67 bits per heavy atom. The van der Waals surface area contributed by atoms with E-state index in [1.54, 1.807) is 0 Å². The van der Waals surface area contributed by atoms with Gasteiger partial charge < -0.3 is 9.72 Å². The second-order valence-corrected chi connectivity index (χ2v) is 6.04. The quantitative estimate of drug-likeness (QED) is 0.619. The Morgan fingerprint density at radius 1 is 1.33 bits per heavy atom. The molecule has 0 spiro atoms. The number of hydrogen-bond donors (Lipinski definition) is 1. The van der Waals surface area contributed by atoms with Gasteiger partial charge in [0.25, 0.3) is 0 Å². The summed E-state index contributed by atoms with van der Waals surface area (Å²) in [6.07, 6.45) is 5.13. The third-order valence-electron chi connectivity index (χ3n) is 3.75. The van der Waals surface area contributed by atoms with Crippen LogP contribution in [0.1, 0.15) is 35.4 Å². The van der Waals surface area contributed by atoms with Crippen LogP contribution in [0.5, 0.6) is 5.75 Å². The maximum Gasteiger partial charge on any atom is 0.167 e.